The number of hydrogen-bond donors (Lipinski definition) is 0. The quantitative estimate of drug-likeness (QED) is 0.485. The van der Waals surface area contributed by atoms with Crippen LogP contribution in [0.5, 0.6) is 0 Å². The maximum absolute atomic E-state index is 11.2. The van der Waals surface area contributed by atoms with Gasteiger partial charge in [0.15, 0.2) is 0 Å². The monoisotopic (exact) mass is 182 g/mol. The van der Waals surface area contributed by atoms with E-state index in [1.807, 2.05) is 0 Å². The molecule has 0 aromatic carbocycles. The molecule has 13 heavy (non-hydrogen) atoms. The number of aromatic nitrogens is 4. The van der Waals surface area contributed by atoms with Gasteiger partial charge in [-0.2, -0.15) is 0 Å². The van der Waals surface area contributed by atoms with Crippen LogP contribution in [0.3, 0.4) is 0 Å². The van der Waals surface area contributed by atoms with Crippen LogP contribution in [0.1, 0.15) is 17.5 Å². The molecule has 0 fully saturated rings. The van der Waals surface area contributed by atoms with Crippen molar-refractivity contribution in [2.24, 2.45) is 0 Å². The summed E-state index contributed by atoms with van der Waals surface area (Å²) in [5.41, 5.74) is 0. The zero-order valence-corrected chi connectivity index (χ0v) is 7.30. The Morgan fingerprint density at radius 2 is 2.54 bits per heavy atom. The predicted octanol–water partition coefficient (Wildman–Crippen LogP) is 0.0358. The average molecular weight is 182 g/mol. The Morgan fingerprint density at radius 1 is 1.77 bits per heavy atom. The van der Waals surface area contributed by atoms with E-state index in [1.165, 1.54) is 4.68 Å². The Hall–Kier alpha value is -1.72. The SMILES string of the molecule is C=CCn1nnnc1C(=O)OCC. The largest absolute Gasteiger partial charge is 0.460 e. The molecule has 1 aromatic rings. The molecule has 0 N–H and O–H groups in total. The fourth-order valence-electron chi connectivity index (χ4n) is 0.792. The molecule has 1 rings (SSSR count). The molecular formula is C7H10N4O2. The molecule has 1 aromatic heterocycles. The molecular weight excluding hydrogens is 172 g/mol. The lowest BCUT2D eigenvalue weighted by Crippen LogP contribution is -2.13. The van der Waals surface area contributed by atoms with Crippen molar-refractivity contribution in [3.63, 3.8) is 0 Å². The molecule has 0 atom stereocenters. The molecule has 0 saturated heterocycles. The van der Waals surface area contributed by atoms with Gasteiger partial charge in [0.2, 0.25) is 0 Å². The van der Waals surface area contributed by atoms with Gasteiger partial charge in [-0.05, 0) is 17.4 Å². The molecule has 1 heterocycles. The van der Waals surface area contributed by atoms with E-state index in [2.05, 4.69) is 22.1 Å². The summed E-state index contributed by atoms with van der Waals surface area (Å²) >= 11 is 0. The number of tetrazole rings is 1. The zero-order valence-electron chi connectivity index (χ0n) is 7.30. The fourth-order valence-corrected chi connectivity index (χ4v) is 0.792. The highest BCUT2D eigenvalue weighted by molar-refractivity contribution is 5.85. The summed E-state index contributed by atoms with van der Waals surface area (Å²) in [5, 5.41) is 10.5. The molecule has 0 aliphatic rings. The van der Waals surface area contributed by atoms with Crippen molar-refractivity contribution in [3.8, 4) is 0 Å². The van der Waals surface area contributed by atoms with Crippen LogP contribution in [-0.2, 0) is 11.3 Å². The number of carbonyl (C=O) groups is 1. The van der Waals surface area contributed by atoms with Crippen LogP contribution < -0.4 is 0 Å². The number of hydrogen-bond acceptors (Lipinski definition) is 5. The molecule has 0 radical (unpaired) electrons. The van der Waals surface area contributed by atoms with E-state index >= 15 is 0 Å². The normalized spacial score (nSPS) is 9.62. The van der Waals surface area contributed by atoms with Crippen molar-refractivity contribution >= 4 is 5.97 Å². The van der Waals surface area contributed by atoms with Crippen molar-refractivity contribution < 1.29 is 9.53 Å². The Labute approximate surface area is 75.2 Å². The number of nitrogens with zero attached hydrogens (tertiary/aromatic N) is 4. The second-order valence-electron chi connectivity index (χ2n) is 2.19. The summed E-state index contributed by atoms with van der Waals surface area (Å²) in [5.74, 6) is -0.420. The topological polar surface area (TPSA) is 69.9 Å². The van der Waals surface area contributed by atoms with Gasteiger partial charge in [-0.25, -0.2) is 9.48 Å². The Balaban J connectivity index is 2.80. The number of carbonyl (C=O) groups excluding carboxylic acids is 1. The first-order chi connectivity index (χ1) is 6.29. The van der Waals surface area contributed by atoms with Gasteiger partial charge in [0.05, 0.1) is 13.2 Å². The summed E-state index contributed by atoms with van der Waals surface area (Å²) in [6, 6.07) is 0. The lowest BCUT2D eigenvalue weighted by molar-refractivity contribution is 0.0505. The van der Waals surface area contributed by atoms with E-state index in [9.17, 15) is 4.79 Å². The van der Waals surface area contributed by atoms with Gasteiger partial charge in [0, 0.05) is 0 Å². The van der Waals surface area contributed by atoms with Gasteiger partial charge in [-0.1, -0.05) is 6.08 Å². The zero-order chi connectivity index (χ0) is 9.68. The van der Waals surface area contributed by atoms with Crippen molar-refractivity contribution in [2.45, 2.75) is 13.5 Å². The second-order valence-corrected chi connectivity index (χ2v) is 2.19. The van der Waals surface area contributed by atoms with Crippen LogP contribution in [-0.4, -0.2) is 32.8 Å². The van der Waals surface area contributed by atoms with E-state index in [0.29, 0.717) is 13.2 Å². The van der Waals surface area contributed by atoms with Crippen LogP contribution in [0.15, 0.2) is 12.7 Å². The first kappa shape index (κ1) is 9.37. The van der Waals surface area contributed by atoms with Crippen molar-refractivity contribution in [1.82, 2.24) is 20.2 Å². The maximum atomic E-state index is 11.2. The highest BCUT2D eigenvalue weighted by Gasteiger charge is 2.14. The minimum absolute atomic E-state index is 0.0988. The Kier molecular flexibility index (Phi) is 3.13. The van der Waals surface area contributed by atoms with Gasteiger partial charge in [-0.3, -0.25) is 0 Å². The summed E-state index contributed by atoms with van der Waals surface area (Å²) < 4.78 is 6.06. The predicted molar refractivity (Wildman–Crippen MR) is 44.0 cm³/mol. The molecule has 6 nitrogen and oxygen atoms in total. The summed E-state index contributed by atoms with van der Waals surface area (Å²) in [4.78, 5) is 11.2. The fraction of sp³-hybridized carbons (Fsp3) is 0.429. The first-order valence-electron chi connectivity index (χ1n) is 3.83. The van der Waals surface area contributed by atoms with Gasteiger partial charge in [0.1, 0.15) is 0 Å². The molecule has 70 valence electrons. The minimum Gasteiger partial charge on any atom is -0.460 e. The average Bonchev–Trinajstić information content (AvgIpc) is 2.54. The van der Waals surface area contributed by atoms with Crippen molar-refractivity contribution in [3.05, 3.63) is 18.5 Å². The second kappa shape index (κ2) is 4.34. The van der Waals surface area contributed by atoms with Crippen molar-refractivity contribution in [2.75, 3.05) is 6.61 Å². The highest BCUT2D eigenvalue weighted by Crippen LogP contribution is 1.95. The van der Waals surface area contributed by atoms with E-state index < -0.39 is 5.97 Å². The van der Waals surface area contributed by atoms with Crippen LogP contribution in [0.25, 0.3) is 0 Å². The van der Waals surface area contributed by atoms with Crippen LogP contribution in [0, 0.1) is 0 Å². The molecule has 0 aliphatic carbocycles. The summed E-state index contributed by atoms with van der Waals surface area (Å²) in [6.07, 6.45) is 1.60. The first-order valence-corrected chi connectivity index (χ1v) is 3.83. The lowest BCUT2D eigenvalue weighted by atomic mass is 10.5. The van der Waals surface area contributed by atoms with Crippen LogP contribution >= 0.6 is 0 Å². The maximum Gasteiger partial charge on any atom is 0.378 e. The summed E-state index contributed by atoms with van der Waals surface area (Å²) in [7, 11) is 0. The van der Waals surface area contributed by atoms with Gasteiger partial charge < -0.3 is 4.74 Å². The third-order valence-electron chi connectivity index (χ3n) is 1.29. The molecule has 0 bridgehead atoms. The smallest absolute Gasteiger partial charge is 0.378 e. The van der Waals surface area contributed by atoms with E-state index in [4.69, 9.17) is 4.74 Å². The third-order valence-corrected chi connectivity index (χ3v) is 1.29. The molecule has 0 aliphatic heterocycles. The highest BCUT2D eigenvalue weighted by atomic mass is 16.5. The molecule has 6 heteroatoms. The van der Waals surface area contributed by atoms with Crippen molar-refractivity contribution in [1.29, 1.82) is 0 Å². The van der Waals surface area contributed by atoms with Crippen LogP contribution in [0.2, 0.25) is 0 Å². The van der Waals surface area contributed by atoms with E-state index in [-0.39, 0.29) is 5.82 Å². The minimum atomic E-state index is -0.519. The lowest BCUT2D eigenvalue weighted by Gasteiger charge is -2.00. The number of ether oxygens (including phenoxy) is 1. The van der Waals surface area contributed by atoms with Gasteiger partial charge in [0.25, 0.3) is 5.82 Å². The van der Waals surface area contributed by atoms with Gasteiger partial charge in [-0.15, -0.1) is 11.7 Å². The number of allylic oxidation sites excluding steroid dienone is 1. The van der Waals surface area contributed by atoms with Crippen LogP contribution in [0.4, 0.5) is 0 Å². The van der Waals surface area contributed by atoms with Gasteiger partial charge >= 0.3 is 5.97 Å². The standard InChI is InChI=1S/C7H10N4O2/c1-3-5-11-6(8-9-10-11)7(12)13-4-2/h3H,1,4-5H2,2H3. The Morgan fingerprint density at radius 3 is 3.15 bits per heavy atom. The molecule has 0 amide bonds. The number of rotatable bonds is 4. The third kappa shape index (κ3) is 2.11. The van der Waals surface area contributed by atoms with E-state index in [0.717, 1.165) is 0 Å². The molecule has 0 saturated carbocycles. The van der Waals surface area contributed by atoms with E-state index in [1.54, 1.807) is 13.0 Å². The Bertz CT molecular complexity index is 307. The number of esters is 1. The molecule has 0 spiro atoms. The molecule has 0 unspecified atom stereocenters. The summed E-state index contributed by atoms with van der Waals surface area (Å²) in [6.45, 7) is 5.93.